The third-order valence-corrected chi connectivity index (χ3v) is 7.78. The molecule has 0 aromatic carbocycles. The molecule has 0 rings (SSSR count). The molecule has 0 aliphatic heterocycles. The van der Waals surface area contributed by atoms with E-state index in [0.717, 1.165) is 51.4 Å². The number of hydrogen-bond acceptors (Lipinski definition) is 3. The Morgan fingerprint density at radius 1 is 0.410 bits per heavy atom. The monoisotopic (exact) mass is 551 g/mol. The van der Waals surface area contributed by atoms with Crippen LogP contribution >= 0.6 is 0 Å². The number of allylic oxidation sites excluding steroid dienone is 4. The molecule has 3 heteroatoms. The van der Waals surface area contributed by atoms with E-state index in [0.29, 0.717) is 13.2 Å². The van der Waals surface area contributed by atoms with Crippen LogP contribution in [0.2, 0.25) is 0 Å². The SMILES string of the molecule is CCCCCCCC/C(=C/CCCCCCCCO)O/C(=C\CCCCCCCCO)CCCCCCCC. The fourth-order valence-corrected chi connectivity index (χ4v) is 5.17. The standard InChI is InChI=1S/C36H70O3/c1-3-5-7-9-17-23-29-35(31-25-19-13-11-15-21-27-33-37)39-36(30-24-18-10-8-6-4-2)32-26-20-14-12-16-22-28-34-38/h31-32,37-38H,3-30,33-34H2,1-2H3/b35-31-,36-32-. The van der Waals surface area contributed by atoms with Crippen molar-refractivity contribution < 1.29 is 14.9 Å². The number of aliphatic hydroxyl groups excluding tert-OH is 2. The molecule has 0 atom stereocenters. The first-order chi connectivity index (χ1) is 19.3. The Kier molecular flexibility index (Phi) is 32.7. The van der Waals surface area contributed by atoms with Crippen LogP contribution in [-0.4, -0.2) is 23.4 Å². The van der Waals surface area contributed by atoms with E-state index in [9.17, 15) is 0 Å². The summed E-state index contributed by atoms with van der Waals surface area (Å²) in [5.41, 5.74) is 0. The Bertz CT molecular complexity index is 479. The van der Waals surface area contributed by atoms with Gasteiger partial charge in [0, 0.05) is 26.1 Å². The maximum Gasteiger partial charge on any atom is 0.0996 e. The Hall–Kier alpha value is -0.800. The summed E-state index contributed by atoms with van der Waals surface area (Å²) in [4.78, 5) is 0. The lowest BCUT2D eigenvalue weighted by molar-refractivity contribution is 0.266. The first-order valence-corrected chi connectivity index (χ1v) is 17.6. The van der Waals surface area contributed by atoms with Crippen LogP contribution in [0.4, 0.5) is 0 Å². The molecule has 2 N–H and O–H groups in total. The van der Waals surface area contributed by atoms with Gasteiger partial charge in [0.2, 0.25) is 0 Å². The molecule has 0 amide bonds. The van der Waals surface area contributed by atoms with Gasteiger partial charge in [-0.25, -0.2) is 0 Å². The minimum atomic E-state index is 0.334. The van der Waals surface area contributed by atoms with E-state index < -0.39 is 0 Å². The molecule has 0 saturated heterocycles. The van der Waals surface area contributed by atoms with Gasteiger partial charge in [-0.15, -0.1) is 0 Å². The van der Waals surface area contributed by atoms with Crippen molar-refractivity contribution in [3.05, 3.63) is 23.7 Å². The fourth-order valence-electron chi connectivity index (χ4n) is 5.17. The summed E-state index contributed by atoms with van der Waals surface area (Å²) < 4.78 is 6.69. The molecule has 0 spiro atoms. The number of unbranched alkanes of at least 4 members (excludes halogenated alkanes) is 22. The molecule has 0 aromatic rings. The van der Waals surface area contributed by atoms with Crippen LogP contribution in [0.5, 0.6) is 0 Å². The van der Waals surface area contributed by atoms with Crippen LogP contribution < -0.4 is 0 Å². The van der Waals surface area contributed by atoms with Gasteiger partial charge in [0.15, 0.2) is 0 Å². The molecule has 0 aliphatic carbocycles. The first kappa shape index (κ1) is 38.2. The van der Waals surface area contributed by atoms with Crippen molar-refractivity contribution in [2.24, 2.45) is 0 Å². The molecule has 0 heterocycles. The van der Waals surface area contributed by atoms with Gasteiger partial charge in [-0.1, -0.05) is 129 Å². The van der Waals surface area contributed by atoms with E-state index in [1.165, 1.54) is 140 Å². The highest BCUT2D eigenvalue weighted by Gasteiger charge is 2.06. The summed E-state index contributed by atoms with van der Waals surface area (Å²) in [6.45, 7) is 5.24. The van der Waals surface area contributed by atoms with Crippen molar-refractivity contribution in [1.29, 1.82) is 0 Å². The van der Waals surface area contributed by atoms with Crippen LogP contribution in [-0.2, 0) is 4.74 Å². The van der Waals surface area contributed by atoms with Gasteiger partial charge >= 0.3 is 0 Å². The normalized spacial score (nSPS) is 12.4. The second kappa shape index (κ2) is 33.4. The Morgan fingerprint density at radius 2 is 0.718 bits per heavy atom. The van der Waals surface area contributed by atoms with Crippen molar-refractivity contribution in [3.63, 3.8) is 0 Å². The molecular formula is C36H70O3. The van der Waals surface area contributed by atoms with Gasteiger partial charge in [0.05, 0.1) is 11.5 Å². The predicted octanol–water partition coefficient (Wildman–Crippen LogP) is 11.7. The van der Waals surface area contributed by atoms with Gasteiger partial charge < -0.3 is 14.9 Å². The smallest absolute Gasteiger partial charge is 0.0996 e. The third-order valence-electron chi connectivity index (χ3n) is 7.78. The minimum Gasteiger partial charge on any atom is -0.467 e. The molecular weight excluding hydrogens is 480 g/mol. The maximum atomic E-state index is 8.96. The van der Waals surface area contributed by atoms with Crippen molar-refractivity contribution in [2.75, 3.05) is 13.2 Å². The van der Waals surface area contributed by atoms with Gasteiger partial charge in [-0.2, -0.15) is 0 Å². The van der Waals surface area contributed by atoms with E-state index in [2.05, 4.69) is 26.0 Å². The highest BCUT2D eigenvalue weighted by Crippen LogP contribution is 2.23. The van der Waals surface area contributed by atoms with Gasteiger partial charge in [-0.3, -0.25) is 0 Å². The molecule has 0 unspecified atom stereocenters. The van der Waals surface area contributed by atoms with E-state index in [4.69, 9.17) is 14.9 Å². The first-order valence-electron chi connectivity index (χ1n) is 17.6. The summed E-state index contributed by atoms with van der Waals surface area (Å²) in [6.07, 6.45) is 39.5. The fraction of sp³-hybridized carbons (Fsp3) is 0.889. The molecule has 232 valence electrons. The van der Waals surface area contributed by atoms with Crippen molar-refractivity contribution in [2.45, 2.75) is 194 Å². The average molecular weight is 551 g/mol. The van der Waals surface area contributed by atoms with Crippen LogP contribution in [0.15, 0.2) is 23.7 Å². The average Bonchev–Trinajstić information content (AvgIpc) is 2.94. The molecule has 0 aromatic heterocycles. The minimum absolute atomic E-state index is 0.334. The second-order valence-electron chi connectivity index (χ2n) is 11.7. The zero-order valence-electron chi connectivity index (χ0n) is 26.7. The van der Waals surface area contributed by atoms with Gasteiger partial charge in [0.1, 0.15) is 0 Å². The molecule has 39 heavy (non-hydrogen) atoms. The highest BCUT2D eigenvalue weighted by molar-refractivity contribution is 5.02. The summed E-state index contributed by atoms with van der Waals surface area (Å²) in [5, 5.41) is 17.9. The zero-order chi connectivity index (χ0) is 28.5. The van der Waals surface area contributed by atoms with Crippen LogP contribution in [0.25, 0.3) is 0 Å². The summed E-state index contributed by atoms with van der Waals surface area (Å²) in [5.74, 6) is 2.46. The molecule has 0 aliphatic rings. The largest absolute Gasteiger partial charge is 0.467 e. The lowest BCUT2D eigenvalue weighted by atomic mass is 10.1. The van der Waals surface area contributed by atoms with E-state index in [1.807, 2.05) is 0 Å². The van der Waals surface area contributed by atoms with Crippen LogP contribution in [0.1, 0.15) is 194 Å². The molecule has 0 radical (unpaired) electrons. The zero-order valence-corrected chi connectivity index (χ0v) is 26.7. The molecule has 3 nitrogen and oxygen atoms in total. The lowest BCUT2D eigenvalue weighted by Gasteiger charge is -2.15. The van der Waals surface area contributed by atoms with Crippen molar-refractivity contribution in [3.8, 4) is 0 Å². The highest BCUT2D eigenvalue weighted by atomic mass is 16.5. The van der Waals surface area contributed by atoms with Crippen LogP contribution in [0, 0.1) is 0 Å². The van der Waals surface area contributed by atoms with E-state index >= 15 is 0 Å². The quantitative estimate of drug-likeness (QED) is 0.0646. The number of rotatable bonds is 32. The summed E-state index contributed by atoms with van der Waals surface area (Å²) in [7, 11) is 0. The van der Waals surface area contributed by atoms with Crippen molar-refractivity contribution in [1.82, 2.24) is 0 Å². The summed E-state index contributed by atoms with van der Waals surface area (Å²) >= 11 is 0. The second-order valence-corrected chi connectivity index (χ2v) is 11.7. The summed E-state index contributed by atoms with van der Waals surface area (Å²) in [6, 6.07) is 0. The number of ether oxygens (including phenoxy) is 1. The topological polar surface area (TPSA) is 49.7 Å². The molecule has 0 fully saturated rings. The third kappa shape index (κ3) is 30.0. The van der Waals surface area contributed by atoms with Crippen molar-refractivity contribution >= 4 is 0 Å². The Labute approximate surface area is 245 Å². The lowest BCUT2D eigenvalue weighted by Crippen LogP contribution is -1.97. The predicted molar refractivity (Wildman–Crippen MR) is 172 cm³/mol. The van der Waals surface area contributed by atoms with E-state index in [-0.39, 0.29) is 0 Å². The molecule has 0 saturated carbocycles. The Balaban J connectivity index is 4.84. The molecule has 0 bridgehead atoms. The number of aliphatic hydroxyl groups is 2. The number of hydrogen-bond donors (Lipinski definition) is 2. The van der Waals surface area contributed by atoms with Crippen LogP contribution in [0.3, 0.4) is 0 Å². The van der Waals surface area contributed by atoms with Gasteiger partial charge in [-0.05, 0) is 63.5 Å². The maximum absolute atomic E-state index is 8.96. The Morgan fingerprint density at radius 3 is 1.08 bits per heavy atom. The van der Waals surface area contributed by atoms with Gasteiger partial charge in [0.25, 0.3) is 0 Å². The van der Waals surface area contributed by atoms with E-state index in [1.54, 1.807) is 0 Å².